The number of hydrogen-bond donors (Lipinski definition) is 0. The van der Waals surface area contributed by atoms with Gasteiger partial charge >= 0.3 is 0 Å². The quantitative estimate of drug-likeness (QED) is 0.486. The minimum absolute atomic E-state index is 0.118. The molecule has 0 spiro atoms. The summed E-state index contributed by atoms with van der Waals surface area (Å²) in [5.41, 5.74) is 3.88. The van der Waals surface area contributed by atoms with Gasteiger partial charge in [-0.05, 0) is 38.9 Å². The molecule has 6 nitrogen and oxygen atoms in total. The Kier molecular flexibility index (Phi) is 7.79. The molecule has 33 heavy (non-hydrogen) atoms. The van der Waals surface area contributed by atoms with Crippen molar-refractivity contribution in [2.75, 3.05) is 45.2 Å². The van der Waals surface area contributed by atoms with E-state index in [0.29, 0.717) is 19.5 Å². The second-order valence-corrected chi connectivity index (χ2v) is 9.01. The van der Waals surface area contributed by atoms with Gasteiger partial charge in [-0.15, -0.1) is 0 Å². The van der Waals surface area contributed by atoms with Gasteiger partial charge < -0.3 is 19.2 Å². The molecule has 0 saturated carbocycles. The first-order chi connectivity index (χ1) is 16.1. The molecule has 0 bridgehead atoms. The van der Waals surface area contributed by atoms with Crippen LogP contribution in [-0.4, -0.2) is 61.1 Å². The van der Waals surface area contributed by atoms with E-state index in [4.69, 9.17) is 4.52 Å². The lowest BCUT2D eigenvalue weighted by Crippen LogP contribution is -2.38. The molecule has 0 aliphatic carbocycles. The number of likely N-dealkylation sites (N-methyl/N-ethyl adjacent to an activating group) is 1. The van der Waals surface area contributed by atoms with Crippen LogP contribution in [0.5, 0.6) is 0 Å². The third kappa shape index (κ3) is 6.02. The molecule has 2 heterocycles. The number of aromatic nitrogens is 1. The number of rotatable bonds is 9. The highest BCUT2D eigenvalue weighted by molar-refractivity contribution is 5.79. The van der Waals surface area contributed by atoms with Crippen molar-refractivity contribution < 1.29 is 9.32 Å². The molecular weight excluding hydrogens is 412 g/mol. The minimum Gasteiger partial charge on any atom is -0.340 e. The SMILES string of the molecule is CN(C)CCN(Cc1c(-c2ccccc2)noc1N1CCCCC1)C(=O)Cc1ccccc1. The normalized spacial score (nSPS) is 14.0. The van der Waals surface area contributed by atoms with Crippen LogP contribution in [-0.2, 0) is 17.8 Å². The summed E-state index contributed by atoms with van der Waals surface area (Å²) >= 11 is 0. The van der Waals surface area contributed by atoms with Gasteiger partial charge in [0.15, 0.2) is 0 Å². The van der Waals surface area contributed by atoms with Crippen molar-refractivity contribution in [3.05, 3.63) is 71.8 Å². The molecule has 1 fully saturated rings. The first kappa shape index (κ1) is 23.1. The lowest BCUT2D eigenvalue weighted by molar-refractivity contribution is -0.131. The molecule has 0 N–H and O–H groups in total. The van der Waals surface area contributed by atoms with Crippen molar-refractivity contribution in [2.45, 2.75) is 32.2 Å². The van der Waals surface area contributed by atoms with Crippen LogP contribution in [0.3, 0.4) is 0 Å². The molecule has 0 unspecified atom stereocenters. The maximum absolute atomic E-state index is 13.4. The van der Waals surface area contributed by atoms with Crippen LogP contribution >= 0.6 is 0 Å². The van der Waals surface area contributed by atoms with Crippen molar-refractivity contribution in [1.29, 1.82) is 0 Å². The van der Waals surface area contributed by atoms with Crippen LogP contribution in [0.15, 0.2) is 65.2 Å². The Labute approximate surface area is 196 Å². The van der Waals surface area contributed by atoms with Crippen LogP contribution in [0.2, 0.25) is 0 Å². The zero-order valence-electron chi connectivity index (χ0n) is 19.7. The molecule has 4 rings (SSSR count). The number of nitrogens with zero attached hydrogens (tertiary/aromatic N) is 4. The second-order valence-electron chi connectivity index (χ2n) is 9.01. The van der Waals surface area contributed by atoms with Crippen molar-refractivity contribution in [2.24, 2.45) is 0 Å². The van der Waals surface area contributed by atoms with Crippen LogP contribution in [0.25, 0.3) is 11.3 Å². The summed E-state index contributed by atoms with van der Waals surface area (Å²) in [6.07, 6.45) is 3.94. The number of anilines is 1. The van der Waals surface area contributed by atoms with Gasteiger partial charge in [-0.25, -0.2) is 0 Å². The van der Waals surface area contributed by atoms with E-state index in [1.165, 1.54) is 6.42 Å². The molecule has 1 aromatic heterocycles. The van der Waals surface area contributed by atoms with E-state index >= 15 is 0 Å². The van der Waals surface area contributed by atoms with Crippen LogP contribution in [0, 0.1) is 0 Å². The molecule has 3 aromatic rings. The Balaban J connectivity index is 1.65. The largest absolute Gasteiger partial charge is 0.340 e. The lowest BCUT2D eigenvalue weighted by atomic mass is 10.0. The number of carbonyl (C=O) groups is 1. The molecule has 1 aliphatic heterocycles. The van der Waals surface area contributed by atoms with Gasteiger partial charge in [0.2, 0.25) is 11.8 Å². The maximum Gasteiger partial charge on any atom is 0.232 e. The fourth-order valence-corrected chi connectivity index (χ4v) is 4.30. The Morgan fingerprint density at radius 1 is 0.939 bits per heavy atom. The molecule has 1 saturated heterocycles. The summed E-state index contributed by atoms with van der Waals surface area (Å²) in [6.45, 7) is 3.86. The summed E-state index contributed by atoms with van der Waals surface area (Å²) in [7, 11) is 4.07. The summed E-state index contributed by atoms with van der Waals surface area (Å²) in [5.74, 6) is 0.934. The first-order valence-corrected chi connectivity index (χ1v) is 11.9. The van der Waals surface area contributed by atoms with Crippen LogP contribution < -0.4 is 4.90 Å². The van der Waals surface area contributed by atoms with Gasteiger partial charge in [-0.3, -0.25) is 4.79 Å². The standard InChI is InChI=1S/C27H34N4O2/c1-29(2)18-19-31(25(32)20-22-12-6-3-7-13-22)21-24-26(23-14-8-4-9-15-23)28-33-27(24)30-16-10-5-11-17-30/h3-4,6-9,12-15H,5,10-11,16-21H2,1-2H3. The van der Waals surface area contributed by atoms with E-state index < -0.39 is 0 Å². The smallest absolute Gasteiger partial charge is 0.232 e. The summed E-state index contributed by atoms with van der Waals surface area (Å²) in [4.78, 5) is 19.8. The molecule has 0 radical (unpaired) electrons. The minimum atomic E-state index is 0.118. The predicted octanol–water partition coefficient (Wildman–Crippen LogP) is 4.46. The van der Waals surface area contributed by atoms with Crippen molar-refractivity contribution in [3.8, 4) is 11.3 Å². The topological polar surface area (TPSA) is 52.8 Å². The molecule has 6 heteroatoms. The van der Waals surface area contributed by atoms with Gasteiger partial charge in [0.05, 0.1) is 18.5 Å². The van der Waals surface area contributed by atoms with E-state index in [9.17, 15) is 4.79 Å². The number of benzene rings is 2. The molecule has 1 aliphatic rings. The Bertz CT molecular complexity index is 1010. The zero-order chi connectivity index (χ0) is 23.0. The summed E-state index contributed by atoms with van der Waals surface area (Å²) < 4.78 is 5.94. The van der Waals surface area contributed by atoms with Gasteiger partial charge in [0, 0.05) is 31.7 Å². The summed E-state index contributed by atoms with van der Waals surface area (Å²) in [5, 5.41) is 4.49. The zero-order valence-corrected chi connectivity index (χ0v) is 19.7. The highest BCUT2D eigenvalue weighted by Gasteiger charge is 2.27. The number of piperidine rings is 1. The number of hydrogen-bond acceptors (Lipinski definition) is 5. The third-order valence-corrected chi connectivity index (χ3v) is 6.17. The van der Waals surface area contributed by atoms with Gasteiger partial charge in [-0.2, -0.15) is 0 Å². The van der Waals surface area contributed by atoms with Crippen LogP contribution in [0.4, 0.5) is 5.88 Å². The number of amides is 1. The second kappa shape index (κ2) is 11.1. The summed E-state index contributed by atoms with van der Waals surface area (Å²) in [6, 6.07) is 20.1. The molecule has 2 aromatic carbocycles. The Morgan fingerprint density at radius 3 is 2.27 bits per heavy atom. The third-order valence-electron chi connectivity index (χ3n) is 6.17. The predicted molar refractivity (Wildman–Crippen MR) is 132 cm³/mol. The van der Waals surface area contributed by atoms with E-state index in [1.54, 1.807) is 0 Å². The van der Waals surface area contributed by atoms with Crippen molar-refractivity contribution >= 4 is 11.8 Å². The van der Waals surface area contributed by atoms with Gasteiger partial charge in [0.25, 0.3) is 0 Å². The highest BCUT2D eigenvalue weighted by atomic mass is 16.5. The lowest BCUT2D eigenvalue weighted by Gasteiger charge is -2.29. The fourth-order valence-electron chi connectivity index (χ4n) is 4.30. The molecule has 1 amide bonds. The number of carbonyl (C=O) groups excluding carboxylic acids is 1. The molecule has 0 atom stereocenters. The monoisotopic (exact) mass is 446 g/mol. The van der Waals surface area contributed by atoms with Crippen LogP contribution in [0.1, 0.15) is 30.4 Å². The maximum atomic E-state index is 13.4. The van der Waals surface area contributed by atoms with Crippen molar-refractivity contribution in [3.63, 3.8) is 0 Å². The van der Waals surface area contributed by atoms with E-state index in [-0.39, 0.29) is 5.91 Å². The van der Waals surface area contributed by atoms with E-state index in [2.05, 4.69) is 27.1 Å². The first-order valence-electron chi connectivity index (χ1n) is 11.9. The molecule has 174 valence electrons. The Morgan fingerprint density at radius 2 is 1.61 bits per heavy atom. The van der Waals surface area contributed by atoms with Gasteiger partial charge in [0.1, 0.15) is 5.69 Å². The van der Waals surface area contributed by atoms with E-state index in [0.717, 1.165) is 60.7 Å². The van der Waals surface area contributed by atoms with E-state index in [1.807, 2.05) is 67.5 Å². The Hall–Kier alpha value is -3.12. The average molecular weight is 447 g/mol. The fraction of sp³-hybridized carbons (Fsp3) is 0.407. The van der Waals surface area contributed by atoms with Gasteiger partial charge in [-0.1, -0.05) is 65.8 Å². The average Bonchev–Trinajstić information content (AvgIpc) is 3.27. The molecular formula is C27H34N4O2. The highest BCUT2D eigenvalue weighted by Crippen LogP contribution is 2.34. The van der Waals surface area contributed by atoms with Crippen molar-refractivity contribution in [1.82, 2.24) is 15.0 Å².